The maximum atomic E-state index is 5.08. The first kappa shape index (κ1) is 10.6. The lowest BCUT2D eigenvalue weighted by molar-refractivity contribution is -0.880. The highest BCUT2D eigenvalue weighted by atomic mass is 32.1. The quantitative estimate of drug-likeness (QED) is 0.649. The minimum absolute atomic E-state index is 0.580. The van der Waals surface area contributed by atoms with Gasteiger partial charge in [-0.25, -0.2) is 4.98 Å². The first-order valence-corrected chi connectivity index (χ1v) is 5.70. The van der Waals surface area contributed by atoms with Crippen LogP contribution in [0.2, 0.25) is 0 Å². The van der Waals surface area contributed by atoms with Crippen LogP contribution >= 0.6 is 12.2 Å². The van der Waals surface area contributed by atoms with Gasteiger partial charge in [-0.05, 0) is 25.2 Å². The fourth-order valence-electron chi connectivity index (χ4n) is 1.84. The molecular weight excluding hydrogens is 208 g/mol. The number of piperazine rings is 1. The zero-order chi connectivity index (χ0) is 10.8. The predicted molar refractivity (Wildman–Crippen MR) is 63.0 cm³/mol. The summed E-state index contributed by atoms with van der Waals surface area (Å²) in [6.07, 6.45) is 0. The molecule has 4 nitrogen and oxygen atoms in total. The molecule has 2 rings (SSSR count). The van der Waals surface area contributed by atoms with Crippen molar-refractivity contribution in [1.82, 2.24) is 9.97 Å². The largest absolute Gasteiger partial charge is 0.345 e. The van der Waals surface area contributed by atoms with E-state index in [0.717, 1.165) is 24.6 Å². The molecule has 1 aliphatic heterocycles. The van der Waals surface area contributed by atoms with Crippen LogP contribution in [0.15, 0.2) is 6.07 Å². The minimum atomic E-state index is 0.580. The average molecular weight is 225 g/mol. The third kappa shape index (κ3) is 2.54. The molecule has 1 aromatic rings. The Bertz CT molecular complexity index is 393. The van der Waals surface area contributed by atoms with Crippen molar-refractivity contribution in [1.29, 1.82) is 0 Å². The van der Waals surface area contributed by atoms with Crippen LogP contribution in [0.25, 0.3) is 0 Å². The second-order valence-corrected chi connectivity index (χ2v) is 4.56. The number of aryl methyl sites for hydroxylation is 1. The Labute approximate surface area is 94.9 Å². The monoisotopic (exact) mass is 225 g/mol. The van der Waals surface area contributed by atoms with Crippen molar-refractivity contribution in [3.63, 3.8) is 0 Å². The molecule has 0 unspecified atom stereocenters. The van der Waals surface area contributed by atoms with Crippen molar-refractivity contribution >= 4 is 18.0 Å². The molecule has 1 aliphatic rings. The molecule has 1 saturated heterocycles. The molecule has 82 valence electrons. The van der Waals surface area contributed by atoms with Crippen molar-refractivity contribution < 1.29 is 4.90 Å². The highest BCUT2D eigenvalue weighted by Crippen LogP contribution is 2.10. The standard InChI is InChI=1S/C10H16N4S/c1-8-7-9(12-10(15)11-8)14-5-3-13(2)4-6-14/h7H,3-6H2,1-2H3,(H,11,12,15)/p+1. The van der Waals surface area contributed by atoms with E-state index < -0.39 is 0 Å². The number of rotatable bonds is 1. The van der Waals surface area contributed by atoms with Crippen molar-refractivity contribution in [3.8, 4) is 0 Å². The molecule has 0 aliphatic carbocycles. The Morgan fingerprint density at radius 1 is 1.47 bits per heavy atom. The minimum Gasteiger partial charge on any atom is -0.345 e. The smallest absolute Gasteiger partial charge is 0.198 e. The fourth-order valence-corrected chi connectivity index (χ4v) is 2.10. The molecule has 0 atom stereocenters. The summed E-state index contributed by atoms with van der Waals surface area (Å²) >= 11 is 5.08. The van der Waals surface area contributed by atoms with Crippen molar-refractivity contribution in [2.75, 3.05) is 38.1 Å². The topological polar surface area (TPSA) is 36.4 Å². The number of anilines is 1. The zero-order valence-corrected chi connectivity index (χ0v) is 10.0. The average Bonchev–Trinajstić information content (AvgIpc) is 2.17. The molecule has 0 amide bonds. The van der Waals surface area contributed by atoms with Gasteiger partial charge in [-0.15, -0.1) is 0 Å². The summed E-state index contributed by atoms with van der Waals surface area (Å²) in [6, 6.07) is 2.07. The Balaban J connectivity index is 2.19. The first-order chi connectivity index (χ1) is 7.15. The van der Waals surface area contributed by atoms with Crippen LogP contribution in [0.3, 0.4) is 0 Å². The predicted octanol–water partition coefficient (Wildman–Crippen LogP) is -0.218. The van der Waals surface area contributed by atoms with Crippen LogP contribution in [0, 0.1) is 11.7 Å². The summed E-state index contributed by atoms with van der Waals surface area (Å²) in [4.78, 5) is 11.3. The van der Waals surface area contributed by atoms with Gasteiger partial charge in [0.1, 0.15) is 5.82 Å². The Morgan fingerprint density at radius 2 is 2.13 bits per heavy atom. The third-order valence-corrected chi connectivity index (χ3v) is 3.00. The number of nitrogens with zero attached hydrogens (tertiary/aromatic N) is 2. The molecule has 5 heteroatoms. The summed E-state index contributed by atoms with van der Waals surface area (Å²) in [5.41, 5.74) is 1.08. The number of H-pyrrole nitrogens is 1. The van der Waals surface area contributed by atoms with E-state index in [1.54, 1.807) is 4.90 Å². The van der Waals surface area contributed by atoms with Crippen LogP contribution < -0.4 is 9.80 Å². The van der Waals surface area contributed by atoms with Gasteiger partial charge >= 0.3 is 0 Å². The van der Waals surface area contributed by atoms with Crippen LogP contribution in [-0.4, -0.2) is 43.2 Å². The summed E-state index contributed by atoms with van der Waals surface area (Å²) < 4.78 is 0.580. The highest BCUT2D eigenvalue weighted by molar-refractivity contribution is 7.71. The molecule has 0 spiro atoms. The molecule has 0 bridgehead atoms. The molecule has 2 heterocycles. The Hall–Kier alpha value is -0.940. The summed E-state index contributed by atoms with van der Waals surface area (Å²) in [6.45, 7) is 6.49. The van der Waals surface area contributed by atoms with Crippen LogP contribution in [0.5, 0.6) is 0 Å². The van der Waals surface area contributed by atoms with E-state index in [9.17, 15) is 0 Å². The van der Waals surface area contributed by atoms with Gasteiger partial charge in [-0.2, -0.15) is 0 Å². The van der Waals surface area contributed by atoms with Gasteiger partial charge < -0.3 is 14.8 Å². The lowest BCUT2D eigenvalue weighted by Crippen LogP contribution is -3.12. The molecule has 0 aromatic carbocycles. The zero-order valence-electron chi connectivity index (χ0n) is 9.21. The number of hydrogen-bond donors (Lipinski definition) is 2. The van der Waals surface area contributed by atoms with Crippen molar-refractivity contribution in [3.05, 3.63) is 16.5 Å². The normalized spacial score (nSPS) is 18.1. The molecule has 1 fully saturated rings. The number of aromatic nitrogens is 2. The number of hydrogen-bond acceptors (Lipinski definition) is 3. The number of aromatic amines is 1. The number of likely N-dealkylation sites (N-methyl/N-ethyl adjacent to an activating group) is 1. The van der Waals surface area contributed by atoms with Gasteiger partial charge in [0.2, 0.25) is 0 Å². The summed E-state index contributed by atoms with van der Waals surface area (Å²) in [7, 11) is 2.23. The molecular formula is C10H17N4S+. The molecule has 15 heavy (non-hydrogen) atoms. The Kier molecular flexibility index (Phi) is 3.02. The molecule has 1 aromatic heterocycles. The summed E-state index contributed by atoms with van der Waals surface area (Å²) in [5.74, 6) is 1.02. The van der Waals surface area contributed by atoms with Gasteiger partial charge in [0.15, 0.2) is 4.77 Å². The van der Waals surface area contributed by atoms with E-state index in [0.29, 0.717) is 4.77 Å². The van der Waals surface area contributed by atoms with E-state index in [1.165, 1.54) is 13.1 Å². The van der Waals surface area contributed by atoms with Crippen LogP contribution in [0.1, 0.15) is 5.69 Å². The van der Waals surface area contributed by atoms with E-state index in [2.05, 4.69) is 28.0 Å². The molecule has 2 N–H and O–H groups in total. The third-order valence-electron chi connectivity index (χ3n) is 2.81. The number of nitrogens with one attached hydrogen (secondary N) is 2. The van der Waals surface area contributed by atoms with Crippen LogP contribution in [0.4, 0.5) is 5.82 Å². The van der Waals surface area contributed by atoms with Gasteiger partial charge in [0.05, 0.1) is 33.2 Å². The van der Waals surface area contributed by atoms with Gasteiger partial charge in [0.25, 0.3) is 0 Å². The van der Waals surface area contributed by atoms with Gasteiger partial charge in [-0.1, -0.05) is 0 Å². The van der Waals surface area contributed by atoms with E-state index >= 15 is 0 Å². The van der Waals surface area contributed by atoms with Gasteiger partial charge in [0, 0.05) is 5.69 Å². The number of quaternary nitrogens is 1. The van der Waals surface area contributed by atoms with Crippen molar-refractivity contribution in [2.45, 2.75) is 6.92 Å². The fraction of sp³-hybridized carbons (Fsp3) is 0.600. The van der Waals surface area contributed by atoms with E-state index in [4.69, 9.17) is 12.2 Å². The maximum absolute atomic E-state index is 5.08. The van der Waals surface area contributed by atoms with Crippen LogP contribution in [-0.2, 0) is 0 Å². The lowest BCUT2D eigenvalue weighted by Gasteiger charge is -2.30. The summed E-state index contributed by atoms with van der Waals surface area (Å²) in [5, 5.41) is 0. The molecule has 0 radical (unpaired) electrons. The SMILES string of the molecule is Cc1cc(N2CC[NH+](C)CC2)nc(=S)[nH]1. The highest BCUT2D eigenvalue weighted by Gasteiger charge is 2.17. The van der Waals surface area contributed by atoms with Crippen molar-refractivity contribution in [2.24, 2.45) is 0 Å². The maximum Gasteiger partial charge on any atom is 0.198 e. The molecule has 0 saturated carbocycles. The Morgan fingerprint density at radius 3 is 2.73 bits per heavy atom. The first-order valence-electron chi connectivity index (χ1n) is 5.29. The van der Waals surface area contributed by atoms with E-state index in [1.807, 2.05) is 6.92 Å². The van der Waals surface area contributed by atoms with E-state index in [-0.39, 0.29) is 0 Å². The van der Waals surface area contributed by atoms with Gasteiger partial charge in [-0.3, -0.25) is 0 Å². The second-order valence-electron chi connectivity index (χ2n) is 4.17. The second kappa shape index (κ2) is 4.28. The lowest BCUT2D eigenvalue weighted by atomic mass is 10.3.